The molecule has 2 aromatic carbocycles. The van der Waals surface area contributed by atoms with Gasteiger partial charge < -0.3 is 33.5 Å². The first-order valence-corrected chi connectivity index (χ1v) is 18.5. The summed E-state index contributed by atoms with van der Waals surface area (Å²) in [5.41, 5.74) is 0.961. The highest BCUT2D eigenvalue weighted by atomic mass is 35.5. The zero-order valence-corrected chi connectivity index (χ0v) is 31.9. The average molecular weight is 789 g/mol. The standard InChI is InChI=1S/C23H27Cl2NO5.C13H12Cl3NO2/c1-22(2,27)21-16(20(26-31-21)19-17(24)4-3-5-18(19)25)12-28-15-10-13-6-7-14(11-15)23(13)29-8-9-30-23;1-13(2,18)12-7(6-14)11(17-19-12)10-8(15)4-3-5-9(10)16/h3-5,13-15,27H,6-12H2,1-2H3;3-5,18H,6H2,1-2H3/t13-,14+,15?;. The summed E-state index contributed by atoms with van der Waals surface area (Å²) in [7, 11) is 0. The van der Waals surface area contributed by atoms with E-state index in [0.29, 0.717) is 90.3 Å². The molecule has 1 aliphatic heterocycles. The van der Waals surface area contributed by atoms with E-state index < -0.39 is 17.0 Å². The molecule has 1 spiro atoms. The van der Waals surface area contributed by atoms with Crippen LogP contribution in [-0.4, -0.2) is 45.6 Å². The summed E-state index contributed by atoms with van der Waals surface area (Å²) in [6.07, 6.45) is 4.07. The lowest BCUT2D eigenvalue weighted by atomic mass is 9.81. The third-order valence-corrected chi connectivity index (χ3v) is 11.0. The first kappa shape index (κ1) is 37.9. The number of ether oxygens (including phenoxy) is 3. The van der Waals surface area contributed by atoms with E-state index in [4.69, 9.17) is 81.3 Å². The van der Waals surface area contributed by atoms with Crippen molar-refractivity contribution in [2.24, 2.45) is 11.8 Å². The van der Waals surface area contributed by atoms with Crippen LogP contribution in [0.25, 0.3) is 22.5 Å². The number of halogens is 5. The molecule has 2 aromatic heterocycles. The predicted octanol–water partition coefficient (Wildman–Crippen LogP) is 9.94. The van der Waals surface area contributed by atoms with Crippen molar-refractivity contribution in [3.05, 3.63) is 79.1 Å². The zero-order chi connectivity index (χ0) is 36.0. The number of aliphatic hydroxyl groups is 2. The molecular weight excluding hydrogens is 750 g/mol. The second-order valence-electron chi connectivity index (χ2n) is 13.9. The molecule has 1 saturated heterocycles. The summed E-state index contributed by atoms with van der Waals surface area (Å²) < 4.78 is 29.3. The molecule has 0 amide bonds. The van der Waals surface area contributed by atoms with Gasteiger partial charge in [-0.25, -0.2) is 0 Å². The molecule has 1 unspecified atom stereocenters. The Labute approximate surface area is 316 Å². The van der Waals surface area contributed by atoms with Crippen molar-refractivity contribution in [3.63, 3.8) is 0 Å². The van der Waals surface area contributed by atoms with E-state index in [1.54, 1.807) is 64.1 Å². The van der Waals surface area contributed by atoms with Gasteiger partial charge in [0.2, 0.25) is 0 Å². The fourth-order valence-corrected chi connectivity index (χ4v) is 8.77. The summed E-state index contributed by atoms with van der Waals surface area (Å²) in [5.74, 6) is 1.12. The highest BCUT2D eigenvalue weighted by molar-refractivity contribution is 6.39. The van der Waals surface area contributed by atoms with E-state index in [1.165, 1.54) is 0 Å². The highest BCUT2D eigenvalue weighted by Crippen LogP contribution is 2.54. The van der Waals surface area contributed by atoms with Crippen molar-refractivity contribution in [2.45, 2.75) is 89.0 Å². The van der Waals surface area contributed by atoms with E-state index in [9.17, 15) is 10.2 Å². The Morgan fingerprint density at radius 2 is 1.16 bits per heavy atom. The summed E-state index contributed by atoms with van der Waals surface area (Å²) in [6, 6.07) is 10.4. The van der Waals surface area contributed by atoms with Gasteiger partial charge in [-0.3, -0.25) is 0 Å². The summed E-state index contributed by atoms with van der Waals surface area (Å²) >= 11 is 31.1. The monoisotopic (exact) mass is 786 g/mol. The molecule has 9 nitrogen and oxygen atoms in total. The molecule has 14 heteroatoms. The largest absolute Gasteiger partial charge is 0.382 e. The van der Waals surface area contributed by atoms with Crippen molar-refractivity contribution < 1.29 is 33.5 Å². The Kier molecular flexibility index (Phi) is 11.2. The maximum atomic E-state index is 10.7. The highest BCUT2D eigenvalue weighted by Gasteiger charge is 2.58. The van der Waals surface area contributed by atoms with Gasteiger partial charge >= 0.3 is 0 Å². The number of rotatable bonds is 8. The van der Waals surface area contributed by atoms with Crippen molar-refractivity contribution >= 4 is 58.0 Å². The molecule has 2 aliphatic carbocycles. The number of alkyl halides is 1. The lowest BCUT2D eigenvalue weighted by molar-refractivity contribution is -0.238. The lowest BCUT2D eigenvalue weighted by Gasteiger charge is -2.41. The molecule has 4 aromatic rings. The van der Waals surface area contributed by atoms with Crippen molar-refractivity contribution in [3.8, 4) is 22.5 Å². The van der Waals surface area contributed by atoms with Gasteiger partial charge in [0.1, 0.15) is 22.6 Å². The molecule has 3 heterocycles. The quantitative estimate of drug-likeness (QED) is 0.168. The van der Waals surface area contributed by atoms with Crippen LogP contribution in [0, 0.1) is 11.8 Å². The van der Waals surface area contributed by atoms with Gasteiger partial charge in [-0.1, -0.05) is 68.8 Å². The number of aromatic nitrogens is 2. The Bertz CT molecular complexity index is 1770. The minimum atomic E-state index is -1.22. The van der Waals surface area contributed by atoms with Crippen LogP contribution in [0.4, 0.5) is 0 Å². The summed E-state index contributed by atoms with van der Waals surface area (Å²) in [5, 5.41) is 30.7. The number of benzene rings is 2. The molecule has 3 atom stereocenters. The third kappa shape index (κ3) is 7.33. The lowest BCUT2D eigenvalue weighted by Crippen LogP contribution is -2.47. The minimum Gasteiger partial charge on any atom is -0.382 e. The van der Waals surface area contributed by atoms with E-state index in [0.717, 1.165) is 25.7 Å². The van der Waals surface area contributed by atoms with Crippen LogP contribution in [0.1, 0.15) is 76.0 Å². The fourth-order valence-electron chi connectivity index (χ4n) is 7.36. The van der Waals surface area contributed by atoms with Crippen molar-refractivity contribution in [2.75, 3.05) is 13.2 Å². The zero-order valence-electron chi connectivity index (χ0n) is 28.1. The molecule has 2 bridgehead atoms. The van der Waals surface area contributed by atoms with Gasteiger partial charge in [0.25, 0.3) is 0 Å². The van der Waals surface area contributed by atoms with Crippen LogP contribution in [-0.2, 0) is 37.9 Å². The summed E-state index contributed by atoms with van der Waals surface area (Å²) in [6.45, 7) is 8.12. The van der Waals surface area contributed by atoms with Gasteiger partial charge in [-0.15, -0.1) is 11.6 Å². The predicted molar refractivity (Wildman–Crippen MR) is 193 cm³/mol. The smallest absolute Gasteiger partial charge is 0.174 e. The van der Waals surface area contributed by atoms with E-state index in [1.807, 2.05) is 0 Å². The number of hydrogen-bond donors (Lipinski definition) is 2. The Balaban J connectivity index is 0.000000195. The minimum absolute atomic E-state index is 0.0787. The molecule has 270 valence electrons. The second-order valence-corrected chi connectivity index (χ2v) is 15.8. The van der Waals surface area contributed by atoms with Crippen molar-refractivity contribution in [1.82, 2.24) is 10.3 Å². The molecule has 7 rings (SSSR count). The first-order valence-electron chi connectivity index (χ1n) is 16.4. The van der Waals surface area contributed by atoms with Crippen molar-refractivity contribution in [1.29, 1.82) is 0 Å². The van der Waals surface area contributed by atoms with Crippen LogP contribution < -0.4 is 0 Å². The Morgan fingerprint density at radius 1 is 0.740 bits per heavy atom. The van der Waals surface area contributed by atoms with Gasteiger partial charge in [0.05, 0.1) is 57.5 Å². The number of hydrogen-bond acceptors (Lipinski definition) is 9. The maximum absolute atomic E-state index is 10.7. The molecule has 3 aliphatic rings. The topological polar surface area (TPSA) is 120 Å². The van der Waals surface area contributed by atoms with Gasteiger partial charge in [0, 0.05) is 28.5 Å². The van der Waals surface area contributed by atoms with Crippen LogP contribution in [0.3, 0.4) is 0 Å². The Hall–Kier alpha value is -1.89. The second kappa shape index (κ2) is 14.9. The van der Waals surface area contributed by atoms with Crippen LogP contribution >= 0.6 is 58.0 Å². The molecule has 3 fully saturated rings. The third-order valence-electron chi connectivity index (χ3n) is 9.52. The molecular formula is C36H39Cl5N2O7. The molecule has 50 heavy (non-hydrogen) atoms. The van der Waals surface area contributed by atoms with Crippen LogP contribution in [0.5, 0.6) is 0 Å². The Morgan fingerprint density at radius 3 is 1.58 bits per heavy atom. The molecule has 2 N–H and O–H groups in total. The first-order chi connectivity index (χ1) is 23.7. The van der Waals surface area contributed by atoms with Gasteiger partial charge in [-0.2, -0.15) is 0 Å². The van der Waals surface area contributed by atoms with E-state index in [2.05, 4.69) is 10.3 Å². The molecule has 0 radical (unpaired) electrons. The van der Waals surface area contributed by atoms with E-state index >= 15 is 0 Å². The fraction of sp³-hybridized carbons (Fsp3) is 0.500. The SMILES string of the molecule is CC(C)(O)c1onc(-c2c(Cl)cccc2Cl)c1CCl.CC(C)(O)c1onc(-c2c(Cl)cccc2Cl)c1COC1C[C@H]2CC[C@@H](C1)C21OCCO1. The average Bonchev–Trinajstić information content (AvgIpc) is 3.82. The van der Waals surface area contributed by atoms with Gasteiger partial charge in [-0.05, 0) is 77.6 Å². The maximum Gasteiger partial charge on any atom is 0.174 e. The summed E-state index contributed by atoms with van der Waals surface area (Å²) in [4.78, 5) is 0. The van der Waals surface area contributed by atoms with Crippen LogP contribution in [0.15, 0.2) is 45.4 Å². The molecule has 2 saturated carbocycles. The van der Waals surface area contributed by atoms with Crippen LogP contribution in [0.2, 0.25) is 20.1 Å². The normalized spacial score (nSPS) is 21.5. The van der Waals surface area contributed by atoms with Gasteiger partial charge in [0.15, 0.2) is 17.3 Å². The number of nitrogens with zero attached hydrogens (tertiary/aromatic N) is 2. The van der Waals surface area contributed by atoms with E-state index in [-0.39, 0.29) is 18.6 Å².